The Labute approximate surface area is 148 Å². The third-order valence-electron chi connectivity index (χ3n) is 4.41. The van der Waals surface area contributed by atoms with Crippen LogP contribution in [0, 0.1) is 0 Å². The molecule has 124 valence electrons. The van der Waals surface area contributed by atoms with Gasteiger partial charge in [0.1, 0.15) is 5.30 Å². The maximum absolute atomic E-state index is 13.5. The third-order valence-corrected chi connectivity index (χ3v) is 8.44. The van der Waals surface area contributed by atoms with Crippen LogP contribution in [0.4, 0.5) is 0 Å². The van der Waals surface area contributed by atoms with Gasteiger partial charge in [-0.05, 0) is 43.3 Å². The van der Waals surface area contributed by atoms with Crippen LogP contribution in [0.3, 0.4) is 0 Å². The summed E-state index contributed by atoms with van der Waals surface area (Å²) in [6, 6.07) is 27.9. The molecular formula is C22H20O2P+. The molecule has 3 rings (SSSR count). The van der Waals surface area contributed by atoms with Crippen molar-refractivity contribution in [2.45, 2.75) is 6.92 Å². The van der Waals surface area contributed by atoms with Crippen molar-refractivity contribution in [3.8, 4) is 0 Å². The lowest BCUT2D eigenvalue weighted by molar-refractivity contribution is 0.104. The van der Waals surface area contributed by atoms with Gasteiger partial charge in [0, 0.05) is 0 Å². The highest BCUT2D eigenvalue weighted by atomic mass is 31.2. The number of hydrogen-bond acceptors (Lipinski definition) is 2. The molecule has 0 saturated carbocycles. The summed E-state index contributed by atoms with van der Waals surface area (Å²) in [5.74, 6) is 0. The van der Waals surface area contributed by atoms with Gasteiger partial charge in [-0.25, -0.2) is 9.59 Å². The van der Waals surface area contributed by atoms with Gasteiger partial charge in [0.15, 0.2) is 7.26 Å². The summed E-state index contributed by atoms with van der Waals surface area (Å²) < 4.78 is 0. The Balaban J connectivity index is 2.21. The van der Waals surface area contributed by atoms with Gasteiger partial charge >= 0.3 is 11.0 Å². The van der Waals surface area contributed by atoms with Crippen LogP contribution in [0.1, 0.15) is 27.6 Å². The average molecular weight is 347 g/mol. The molecule has 0 aliphatic rings. The van der Waals surface area contributed by atoms with E-state index in [1.165, 1.54) is 0 Å². The number of carbonyl (C=O) groups is 2. The lowest BCUT2D eigenvalue weighted by Gasteiger charge is -2.22. The Morgan fingerprint density at radius 3 is 1.36 bits per heavy atom. The Morgan fingerprint density at radius 1 is 0.640 bits per heavy atom. The summed E-state index contributed by atoms with van der Waals surface area (Å²) in [5, 5.41) is 0.847. The Hall–Kier alpha value is -2.57. The fourth-order valence-electron chi connectivity index (χ4n) is 3.08. The molecular weight excluding hydrogens is 327 g/mol. The topological polar surface area (TPSA) is 34.1 Å². The number of benzene rings is 3. The van der Waals surface area contributed by atoms with Crippen molar-refractivity contribution in [2.75, 3.05) is 6.16 Å². The predicted octanol–water partition coefficient (Wildman–Crippen LogP) is 5.03. The third kappa shape index (κ3) is 3.18. The minimum absolute atomic E-state index is 0.0457. The Kier molecular flexibility index (Phi) is 5.21. The van der Waals surface area contributed by atoms with Gasteiger partial charge in [0.05, 0.1) is 17.3 Å². The highest BCUT2D eigenvalue weighted by molar-refractivity contribution is 8.10. The second kappa shape index (κ2) is 7.55. The molecule has 0 saturated heterocycles. The highest BCUT2D eigenvalue weighted by Gasteiger charge is 2.55. The molecule has 0 N–H and O–H groups in total. The van der Waals surface area contributed by atoms with Crippen LogP contribution < -0.4 is 5.30 Å². The molecule has 3 heteroatoms. The van der Waals surface area contributed by atoms with Crippen molar-refractivity contribution in [3.63, 3.8) is 0 Å². The van der Waals surface area contributed by atoms with Crippen LogP contribution in [0.15, 0.2) is 91.0 Å². The maximum Gasteiger partial charge on any atom is 0.311 e. The summed E-state index contributed by atoms with van der Waals surface area (Å²) in [6.45, 7) is 1.95. The van der Waals surface area contributed by atoms with E-state index in [9.17, 15) is 9.59 Å². The van der Waals surface area contributed by atoms with Gasteiger partial charge in [-0.15, -0.1) is 0 Å². The first kappa shape index (κ1) is 17.3. The number of carbonyl (C=O) groups excluding carboxylic acids is 2. The molecule has 3 aromatic rings. The highest BCUT2D eigenvalue weighted by Crippen LogP contribution is 2.62. The number of rotatable bonds is 6. The van der Waals surface area contributed by atoms with Crippen LogP contribution >= 0.6 is 7.26 Å². The lowest BCUT2D eigenvalue weighted by Crippen LogP contribution is -2.28. The van der Waals surface area contributed by atoms with E-state index in [0.717, 1.165) is 5.30 Å². The molecule has 2 nitrogen and oxygen atoms in total. The SMILES string of the molecule is CC[P+](C(=O)c1ccccc1)(C(=O)c1ccccc1)c1ccccc1. The van der Waals surface area contributed by atoms with E-state index in [2.05, 4.69) is 0 Å². The zero-order chi connectivity index (χ0) is 17.7. The predicted molar refractivity (Wildman–Crippen MR) is 105 cm³/mol. The fraction of sp³-hybridized carbons (Fsp3) is 0.0909. The lowest BCUT2D eigenvalue weighted by atomic mass is 10.2. The second-order valence-corrected chi connectivity index (χ2v) is 9.38. The summed E-state index contributed by atoms with van der Waals surface area (Å²) in [4.78, 5) is 27.1. The van der Waals surface area contributed by atoms with Crippen LogP contribution in [0.5, 0.6) is 0 Å². The van der Waals surface area contributed by atoms with Gasteiger partial charge < -0.3 is 0 Å². The molecule has 0 spiro atoms. The smallest absolute Gasteiger partial charge is 0.246 e. The van der Waals surface area contributed by atoms with Crippen molar-refractivity contribution >= 4 is 23.6 Å². The van der Waals surface area contributed by atoms with Gasteiger partial charge in [-0.2, -0.15) is 0 Å². The van der Waals surface area contributed by atoms with Crippen molar-refractivity contribution in [2.24, 2.45) is 0 Å². The standard InChI is InChI=1S/C22H20O2P/c1-2-25(20-16-10-5-11-17-20,21(23)18-12-6-3-7-13-18)22(24)19-14-8-4-9-15-19/h3-17H,2H2,1H3/q+1. The number of hydrogen-bond donors (Lipinski definition) is 0. The van der Waals surface area contributed by atoms with E-state index >= 15 is 0 Å². The quantitative estimate of drug-likeness (QED) is 0.586. The molecule has 0 amide bonds. The van der Waals surface area contributed by atoms with Crippen LogP contribution in [-0.4, -0.2) is 17.2 Å². The molecule has 0 fully saturated rings. The molecule has 25 heavy (non-hydrogen) atoms. The van der Waals surface area contributed by atoms with Gasteiger partial charge in [0.2, 0.25) is 0 Å². The summed E-state index contributed by atoms with van der Waals surface area (Å²) in [5.41, 5.74) is 1.11. The molecule has 0 aliphatic carbocycles. The van der Waals surface area contributed by atoms with E-state index in [1.807, 2.05) is 73.7 Å². The summed E-state index contributed by atoms with van der Waals surface area (Å²) in [6.07, 6.45) is 0.512. The largest absolute Gasteiger partial charge is 0.311 e. The van der Waals surface area contributed by atoms with Crippen LogP contribution in [0.2, 0.25) is 0 Å². The monoisotopic (exact) mass is 347 g/mol. The molecule has 0 bridgehead atoms. The van der Waals surface area contributed by atoms with Gasteiger partial charge in [-0.3, -0.25) is 0 Å². The first-order chi connectivity index (χ1) is 12.2. The molecule has 3 aromatic carbocycles. The normalized spacial score (nSPS) is 11.1. The van der Waals surface area contributed by atoms with Crippen molar-refractivity contribution < 1.29 is 9.59 Å². The fourth-order valence-corrected chi connectivity index (χ4v) is 6.54. The van der Waals surface area contributed by atoms with Crippen molar-refractivity contribution in [1.82, 2.24) is 0 Å². The Morgan fingerprint density at radius 2 is 1.00 bits per heavy atom. The summed E-state index contributed by atoms with van der Waals surface area (Å²) >= 11 is 0. The minimum atomic E-state index is -2.73. The molecule has 0 atom stereocenters. The zero-order valence-corrected chi connectivity index (χ0v) is 15.0. The van der Waals surface area contributed by atoms with Gasteiger partial charge in [0.25, 0.3) is 0 Å². The van der Waals surface area contributed by atoms with E-state index in [0.29, 0.717) is 17.3 Å². The first-order valence-corrected chi connectivity index (χ1v) is 10.3. The first-order valence-electron chi connectivity index (χ1n) is 8.33. The van der Waals surface area contributed by atoms with E-state index in [1.54, 1.807) is 24.3 Å². The molecule has 0 unspecified atom stereocenters. The van der Waals surface area contributed by atoms with E-state index in [4.69, 9.17) is 0 Å². The van der Waals surface area contributed by atoms with Crippen LogP contribution in [0.25, 0.3) is 0 Å². The van der Waals surface area contributed by atoms with E-state index in [-0.39, 0.29) is 11.0 Å². The summed E-state index contributed by atoms with van der Waals surface area (Å²) in [7, 11) is -2.73. The van der Waals surface area contributed by atoms with Gasteiger partial charge in [-0.1, -0.05) is 54.6 Å². The van der Waals surface area contributed by atoms with E-state index < -0.39 is 7.26 Å². The Bertz CT molecular complexity index is 807. The van der Waals surface area contributed by atoms with Crippen LogP contribution in [-0.2, 0) is 0 Å². The second-order valence-electron chi connectivity index (χ2n) is 5.80. The molecule has 0 aliphatic heterocycles. The van der Waals surface area contributed by atoms with Crippen molar-refractivity contribution in [1.29, 1.82) is 0 Å². The maximum atomic E-state index is 13.5. The molecule has 0 heterocycles. The van der Waals surface area contributed by atoms with Crippen molar-refractivity contribution in [3.05, 3.63) is 102 Å². The molecule has 0 radical (unpaired) electrons. The zero-order valence-electron chi connectivity index (χ0n) is 14.1. The average Bonchev–Trinajstić information content (AvgIpc) is 2.71. The molecule has 0 aromatic heterocycles. The minimum Gasteiger partial charge on any atom is -0.246 e.